The zero-order valence-electron chi connectivity index (χ0n) is 9.43. The summed E-state index contributed by atoms with van der Waals surface area (Å²) in [6.45, 7) is 3.40. The topological polar surface area (TPSA) is 50.4 Å². The van der Waals surface area contributed by atoms with E-state index in [0.717, 1.165) is 0 Å². The third-order valence-electron chi connectivity index (χ3n) is 1.92. The molecule has 0 saturated heterocycles. The second-order valence-corrected chi connectivity index (χ2v) is 4.06. The minimum atomic E-state index is -0.362. The van der Waals surface area contributed by atoms with Crippen LogP contribution in [0.5, 0.6) is 0 Å². The molecule has 0 bridgehead atoms. The SMILES string of the molecule is CCOCCNC(=O)Nc1ccc(F)cc1Br. The molecule has 1 aromatic carbocycles. The number of halogens is 2. The van der Waals surface area contributed by atoms with E-state index in [1.54, 1.807) is 0 Å². The summed E-state index contributed by atoms with van der Waals surface area (Å²) in [5.41, 5.74) is 0.514. The lowest BCUT2D eigenvalue weighted by Crippen LogP contribution is -2.31. The van der Waals surface area contributed by atoms with Gasteiger partial charge in [0.15, 0.2) is 0 Å². The average molecular weight is 305 g/mol. The number of hydrogen-bond acceptors (Lipinski definition) is 2. The second kappa shape index (κ2) is 7.24. The first-order valence-electron chi connectivity index (χ1n) is 5.21. The molecular weight excluding hydrogens is 291 g/mol. The highest BCUT2D eigenvalue weighted by Gasteiger charge is 2.05. The standard InChI is InChI=1S/C11H14BrFN2O2/c1-2-17-6-5-14-11(16)15-10-4-3-8(13)7-9(10)12/h3-4,7H,2,5-6H2,1H3,(H2,14,15,16). The molecule has 0 aliphatic heterocycles. The Morgan fingerprint density at radius 2 is 2.29 bits per heavy atom. The largest absolute Gasteiger partial charge is 0.380 e. The first kappa shape index (κ1) is 13.9. The maximum Gasteiger partial charge on any atom is 0.319 e. The van der Waals surface area contributed by atoms with Crippen molar-refractivity contribution in [2.24, 2.45) is 0 Å². The lowest BCUT2D eigenvalue weighted by molar-refractivity contribution is 0.150. The third-order valence-corrected chi connectivity index (χ3v) is 2.57. The predicted octanol–water partition coefficient (Wildman–Crippen LogP) is 2.75. The Kier molecular flexibility index (Phi) is 5.93. The molecule has 17 heavy (non-hydrogen) atoms. The number of anilines is 1. The Morgan fingerprint density at radius 3 is 2.94 bits per heavy atom. The fraction of sp³-hybridized carbons (Fsp3) is 0.364. The molecule has 2 amide bonds. The fourth-order valence-electron chi connectivity index (χ4n) is 1.14. The molecule has 0 aliphatic carbocycles. The number of carbonyl (C=O) groups is 1. The summed E-state index contributed by atoms with van der Waals surface area (Å²) >= 11 is 3.16. The molecule has 1 rings (SSSR count). The highest BCUT2D eigenvalue weighted by Crippen LogP contribution is 2.22. The van der Waals surface area contributed by atoms with E-state index in [0.29, 0.717) is 29.9 Å². The van der Waals surface area contributed by atoms with Crippen molar-refractivity contribution in [3.05, 3.63) is 28.5 Å². The van der Waals surface area contributed by atoms with Crippen LogP contribution in [-0.2, 0) is 4.74 Å². The van der Waals surface area contributed by atoms with Crippen molar-refractivity contribution in [1.82, 2.24) is 5.32 Å². The Hall–Kier alpha value is -1.14. The minimum Gasteiger partial charge on any atom is -0.380 e. The van der Waals surface area contributed by atoms with Gasteiger partial charge >= 0.3 is 6.03 Å². The van der Waals surface area contributed by atoms with Gasteiger partial charge in [0.1, 0.15) is 5.82 Å². The van der Waals surface area contributed by atoms with Gasteiger partial charge in [0.05, 0.1) is 12.3 Å². The van der Waals surface area contributed by atoms with Crippen molar-refractivity contribution in [3.63, 3.8) is 0 Å². The maximum absolute atomic E-state index is 12.8. The lowest BCUT2D eigenvalue weighted by Gasteiger charge is -2.09. The van der Waals surface area contributed by atoms with Crippen molar-refractivity contribution in [2.75, 3.05) is 25.1 Å². The molecule has 1 aromatic rings. The average Bonchev–Trinajstić information content (AvgIpc) is 2.28. The van der Waals surface area contributed by atoms with Crippen molar-refractivity contribution >= 4 is 27.6 Å². The molecule has 2 N–H and O–H groups in total. The summed E-state index contributed by atoms with van der Waals surface area (Å²) in [4.78, 5) is 11.4. The summed E-state index contributed by atoms with van der Waals surface area (Å²) in [5, 5.41) is 5.21. The minimum absolute atomic E-state index is 0.350. The van der Waals surface area contributed by atoms with Crippen molar-refractivity contribution in [2.45, 2.75) is 6.92 Å². The number of nitrogens with one attached hydrogen (secondary N) is 2. The van der Waals surface area contributed by atoms with Crippen LogP contribution in [0.1, 0.15) is 6.92 Å². The van der Waals surface area contributed by atoms with Crippen LogP contribution < -0.4 is 10.6 Å². The van der Waals surface area contributed by atoms with Gasteiger partial charge in [-0.1, -0.05) is 0 Å². The zero-order valence-corrected chi connectivity index (χ0v) is 11.0. The van der Waals surface area contributed by atoms with Crippen molar-refractivity contribution in [1.29, 1.82) is 0 Å². The van der Waals surface area contributed by atoms with Gasteiger partial charge in [-0.05, 0) is 41.1 Å². The van der Waals surface area contributed by atoms with Gasteiger partial charge in [-0.3, -0.25) is 0 Å². The van der Waals surface area contributed by atoms with E-state index in [4.69, 9.17) is 4.74 Å². The molecule has 0 saturated carbocycles. The summed E-state index contributed by atoms with van der Waals surface area (Å²) in [6.07, 6.45) is 0. The number of ether oxygens (including phenoxy) is 1. The van der Waals surface area contributed by atoms with Crippen LogP contribution in [0.4, 0.5) is 14.9 Å². The number of rotatable bonds is 5. The van der Waals surface area contributed by atoms with Crippen LogP contribution in [0.3, 0.4) is 0 Å². The first-order chi connectivity index (χ1) is 8.13. The third kappa shape index (κ3) is 5.14. The summed E-state index contributed by atoms with van der Waals surface area (Å²) in [5.74, 6) is -0.362. The van der Waals surface area contributed by atoms with Crippen molar-refractivity contribution < 1.29 is 13.9 Å². The molecule has 0 atom stereocenters. The Labute approximate surface area is 108 Å². The van der Waals surface area contributed by atoms with Gasteiger partial charge < -0.3 is 15.4 Å². The molecule has 0 radical (unpaired) electrons. The van der Waals surface area contributed by atoms with E-state index >= 15 is 0 Å². The van der Waals surface area contributed by atoms with Crippen LogP contribution in [0, 0.1) is 5.82 Å². The van der Waals surface area contributed by atoms with E-state index < -0.39 is 0 Å². The van der Waals surface area contributed by atoms with E-state index in [9.17, 15) is 9.18 Å². The molecule has 0 spiro atoms. The van der Waals surface area contributed by atoms with Gasteiger partial charge in [-0.15, -0.1) is 0 Å². The number of urea groups is 1. The van der Waals surface area contributed by atoms with E-state index in [1.165, 1.54) is 18.2 Å². The highest BCUT2D eigenvalue weighted by molar-refractivity contribution is 9.10. The Balaban J connectivity index is 2.40. The van der Waals surface area contributed by atoms with E-state index in [2.05, 4.69) is 26.6 Å². The second-order valence-electron chi connectivity index (χ2n) is 3.20. The van der Waals surface area contributed by atoms with Gasteiger partial charge in [-0.25, -0.2) is 9.18 Å². The van der Waals surface area contributed by atoms with Gasteiger partial charge in [0.25, 0.3) is 0 Å². The molecule has 0 heterocycles. The number of hydrogen-bond donors (Lipinski definition) is 2. The van der Waals surface area contributed by atoms with E-state index in [-0.39, 0.29) is 11.8 Å². The molecule has 94 valence electrons. The number of benzene rings is 1. The molecule has 0 aromatic heterocycles. The monoisotopic (exact) mass is 304 g/mol. The van der Waals surface area contributed by atoms with E-state index in [1.807, 2.05) is 6.92 Å². The quantitative estimate of drug-likeness (QED) is 0.822. The normalized spacial score (nSPS) is 10.1. The summed E-state index contributed by atoms with van der Waals surface area (Å²) in [6, 6.07) is 3.70. The molecule has 0 fully saturated rings. The summed E-state index contributed by atoms with van der Waals surface area (Å²) < 4.78 is 18.4. The molecule has 0 unspecified atom stereocenters. The fourth-order valence-corrected chi connectivity index (χ4v) is 1.59. The van der Waals surface area contributed by atoms with Crippen LogP contribution >= 0.6 is 15.9 Å². The lowest BCUT2D eigenvalue weighted by atomic mass is 10.3. The number of amides is 2. The highest BCUT2D eigenvalue weighted by atomic mass is 79.9. The van der Waals surface area contributed by atoms with Crippen LogP contribution in [0.25, 0.3) is 0 Å². The molecule has 0 aliphatic rings. The first-order valence-corrected chi connectivity index (χ1v) is 6.00. The van der Waals surface area contributed by atoms with Crippen LogP contribution in [0.15, 0.2) is 22.7 Å². The predicted molar refractivity (Wildman–Crippen MR) is 67.6 cm³/mol. The molecule has 4 nitrogen and oxygen atoms in total. The Morgan fingerprint density at radius 1 is 1.53 bits per heavy atom. The number of carbonyl (C=O) groups excluding carboxylic acids is 1. The van der Waals surface area contributed by atoms with Gasteiger partial charge in [0, 0.05) is 17.6 Å². The maximum atomic E-state index is 12.8. The zero-order chi connectivity index (χ0) is 12.7. The van der Waals surface area contributed by atoms with Crippen LogP contribution in [-0.4, -0.2) is 25.8 Å². The van der Waals surface area contributed by atoms with Gasteiger partial charge in [0.2, 0.25) is 0 Å². The summed E-state index contributed by atoms with van der Waals surface area (Å²) in [7, 11) is 0. The van der Waals surface area contributed by atoms with Gasteiger partial charge in [-0.2, -0.15) is 0 Å². The molecular formula is C11H14BrFN2O2. The molecule has 6 heteroatoms. The van der Waals surface area contributed by atoms with Crippen LogP contribution in [0.2, 0.25) is 0 Å². The van der Waals surface area contributed by atoms with Crippen molar-refractivity contribution in [3.8, 4) is 0 Å². The Bertz CT molecular complexity index is 388. The smallest absolute Gasteiger partial charge is 0.319 e.